The fourth-order valence-corrected chi connectivity index (χ4v) is 6.27. The lowest BCUT2D eigenvalue weighted by Crippen LogP contribution is -2.41. The Morgan fingerprint density at radius 2 is 1.95 bits per heavy atom. The van der Waals surface area contributed by atoms with Gasteiger partial charge in [0.25, 0.3) is 0 Å². The molecule has 4 heteroatoms. The van der Waals surface area contributed by atoms with Crippen LogP contribution in [-0.4, -0.2) is 21.9 Å². The van der Waals surface area contributed by atoms with Gasteiger partial charge in [0.05, 0.1) is 6.04 Å². The maximum absolute atomic E-state index is 12.5. The Balaban J connectivity index is 1.48. The lowest BCUT2D eigenvalue weighted by molar-refractivity contribution is -0.122. The first kappa shape index (κ1) is 14.1. The molecule has 1 N–H and O–H groups in total. The molecule has 1 aliphatic heterocycles. The molecule has 21 heavy (non-hydrogen) atoms. The van der Waals surface area contributed by atoms with Crippen molar-refractivity contribution in [2.24, 2.45) is 22.7 Å². The summed E-state index contributed by atoms with van der Waals surface area (Å²) >= 11 is 1.73. The smallest absolute Gasteiger partial charge is 0.242 e. The summed E-state index contributed by atoms with van der Waals surface area (Å²) in [6.45, 7) is 2.15. The Morgan fingerprint density at radius 3 is 2.62 bits per heavy atom. The van der Waals surface area contributed by atoms with Crippen molar-refractivity contribution in [3.8, 4) is 0 Å². The minimum absolute atomic E-state index is 0.210. The number of carbonyl (C=O) groups is 1. The SMILES string of the molecule is CC1(C2CCCCC2)SC(=N[C@H]2C[C@H]3CC[C@H]2C3)NC1=O. The van der Waals surface area contributed by atoms with E-state index in [4.69, 9.17) is 4.99 Å². The van der Waals surface area contributed by atoms with Crippen LogP contribution in [0.3, 0.4) is 0 Å². The lowest BCUT2D eigenvalue weighted by atomic mass is 9.80. The van der Waals surface area contributed by atoms with E-state index in [-0.39, 0.29) is 10.7 Å². The summed E-state index contributed by atoms with van der Waals surface area (Å²) in [5, 5.41) is 4.02. The zero-order valence-electron chi connectivity index (χ0n) is 12.9. The molecule has 3 saturated carbocycles. The molecule has 4 atom stereocenters. The molecule has 1 heterocycles. The predicted octanol–water partition coefficient (Wildman–Crippen LogP) is 3.73. The number of aliphatic imine (C=N–C) groups is 1. The number of hydrogen-bond acceptors (Lipinski definition) is 3. The first-order chi connectivity index (χ1) is 10.1. The van der Waals surface area contributed by atoms with Gasteiger partial charge in [0.1, 0.15) is 4.75 Å². The molecule has 1 saturated heterocycles. The number of nitrogens with one attached hydrogen (secondary N) is 1. The highest BCUT2D eigenvalue weighted by molar-refractivity contribution is 8.16. The topological polar surface area (TPSA) is 41.5 Å². The number of fused-ring (bicyclic) bond motifs is 2. The second kappa shape index (κ2) is 5.29. The molecule has 3 aliphatic carbocycles. The van der Waals surface area contributed by atoms with Gasteiger partial charge in [-0.2, -0.15) is 0 Å². The lowest BCUT2D eigenvalue weighted by Gasteiger charge is -2.33. The normalized spacial score (nSPS) is 45.5. The third-order valence-corrected chi connectivity index (χ3v) is 7.69. The van der Waals surface area contributed by atoms with Gasteiger partial charge >= 0.3 is 0 Å². The van der Waals surface area contributed by atoms with Gasteiger partial charge < -0.3 is 5.32 Å². The van der Waals surface area contributed by atoms with Crippen LogP contribution in [0, 0.1) is 17.8 Å². The number of amides is 1. The first-order valence-corrected chi connectivity index (χ1v) is 9.55. The van der Waals surface area contributed by atoms with Crippen molar-refractivity contribution >= 4 is 22.8 Å². The van der Waals surface area contributed by atoms with Crippen LogP contribution in [0.4, 0.5) is 0 Å². The Bertz CT molecular complexity index is 471. The standard InChI is InChI=1S/C17H26N2OS/c1-17(13-5-3-2-4-6-13)15(20)19-16(21-17)18-14-10-11-7-8-12(14)9-11/h11-14H,2-10H2,1H3,(H,18,19,20)/t11-,12-,14-,17?/m0/s1. The molecule has 0 aromatic carbocycles. The van der Waals surface area contributed by atoms with Crippen molar-refractivity contribution in [2.45, 2.75) is 75.5 Å². The van der Waals surface area contributed by atoms with E-state index in [9.17, 15) is 4.79 Å². The molecule has 2 bridgehead atoms. The molecule has 1 unspecified atom stereocenters. The van der Waals surface area contributed by atoms with Gasteiger partial charge in [-0.3, -0.25) is 9.79 Å². The number of thioether (sulfide) groups is 1. The van der Waals surface area contributed by atoms with Gasteiger partial charge in [0.2, 0.25) is 5.91 Å². The van der Waals surface area contributed by atoms with Crippen LogP contribution in [0.5, 0.6) is 0 Å². The zero-order valence-corrected chi connectivity index (χ0v) is 13.8. The summed E-state index contributed by atoms with van der Waals surface area (Å²) in [4.78, 5) is 17.5. The van der Waals surface area contributed by atoms with E-state index < -0.39 is 0 Å². The molecule has 0 aromatic rings. The van der Waals surface area contributed by atoms with E-state index in [1.165, 1.54) is 57.8 Å². The average Bonchev–Trinajstić information content (AvgIpc) is 3.16. The number of carbonyl (C=O) groups excluding carboxylic acids is 1. The van der Waals surface area contributed by atoms with Gasteiger partial charge in [-0.25, -0.2) is 0 Å². The molecule has 0 radical (unpaired) electrons. The van der Waals surface area contributed by atoms with Gasteiger partial charge in [0.15, 0.2) is 5.17 Å². The second-order valence-electron chi connectivity index (χ2n) is 7.67. The predicted molar refractivity (Wildman–Crippen MR) is 87.4 cm³/mol. The van der Waals surface area contributed by atoms with E-state index in [1.807, 2.05) is 0 Å². The molecule has 0 spiro atoms. The van der Waals surface area contributed by atoms with Crippen LogP contribution in [0.25, 0.3) is 0 Å². The molecular formula is C17H26N2OS. The van der Waals surface area contributed by atoms with Crippen LogP contribution < -0.4 is 5.32 Å². The fourth-order valence-electron chi connectivity index (χ4n) is 4.99. The summed E-state index contributed by atoms with van der Waals surface area (Å²) in [5.74, 6) is 2.45. The highest BCUT2D eigenvalue weighted by atomic mass is 32.2. The first-order valence-electron chi connectivity index (χ1n) is 8.73. The quantitative estimate of drug-likeness (QED) is 0.844. The minimum Gasteiger partial charge on any atom is -0.304 e. The Hall–Kier alpha value is -0.510. The van der Waals surface area contributed by atoms with Gasteiger partial charge in [-0.15, -0.1) is 0 Å². The maximum Gasteiger partial charge on any atom is 0.242 e. The maximum atomic E-state index is 12.5. The van der Waals surface area contributed by atoms with E-state index in [0.717, 1.165) is 17.0 Å². The second-order valence-corrected chi connectivity index (χ2v) is 9.11. The highest BCUT2D eigenvalue weighted by Gasteiger charge is 2.49. The number of rotatable bonds is 2. The molecule has 4 fully saturated rings. The van der Waals surface area contributed by atoms with Crippen molar-refractivity contribution in [3.63, 3.8) is 0 Å². The van der Waals surface area contributed by atoms with Crippen molar-refractivity contribution < 1.29 is 4.79 Å². The van der Waals surface area contributed by atoms with Gasteiger partial charge in [-0.05, 0) is 56.8 Å². The van der Waals surface area contributed by atoms with E-state index in [0.29, 0.717) is 12.0 Å². The van der Waals surface area contributed by atoms with Crippen LogP contribution >= 0.6 is 11.8 Å². The summed E-state index contributed by atoms with van der Waals surface area (Å²) in [6, 6.07) is 0.486. The Labute approximate surface area is 131 Å². The zero-order chi connectivity index (χ0) is 14.4. The monoisotopic (exact) mass is 306 g/mol. The highest BCUT2D eigenvalue weighted by Crippen LogP contribution is 2.48. The summed E-state index contributed by atoms with van der Waals surface area (Å²) < 4.78 is -0.267. The number of nitrogens with zero attached hydrogens (tertiary/aromatic N) is 1. The molecule has 1 amide bonds. The van der Waals surface area contributed by atoms with Crippen molar-refractivity contribution in [1.82, 2.24) is 5.32 Å². The summed E-state index contributed by atoms with van der Waals surface area (Å²) in [7, 11) is 0. The number of hydrogen-bond donors (Lipinski definition) is 1. The number of amidine groups is 1. The molecule has 4 aliphatic rings. The van der Waals surface area contributed by atoms with E-state index >= 15 is 0 Å². The molecule has 3 nitrogen and oxygen atoms in total. The molecule has 0 aromatic heterocycles. The third kappa shape index (κ3) is 2.43. The van der Waals surface area contributed by atoms with Crippen molar-refractivity contribution in [3.05, 3.63) is 0 Å². The molecular weight excluding hydrogens is 280 g/mol. The van der Waals surface area contributed by atoms with Gasteiger partial charge in [-0.1, -0.05) is 37.4 Å². The van der Waals surface area contributed by atoms with E-state index in [1.54, 1.807) is 11.8 Å². The van der Waals surface area contributed by atoms with E-state index in [2.05, 4.69) is 12.2 Å². The van der Waals surface area contributed by atoms with Crippen LogP contribution in [0.15, 0.2) is 4.99 Å². The van der Waals surface area contributed by atoms with Crippen LogP contribution in [0.1, 0.15) is 64.7 Å². The molecule has 116 valence electrons. The van der Waals surface area contributed by atoms with Crippen molar-refractivity contribution in [1.29, 1.82) is 0 Å². The van der Waals surface area contributed by atoms with Gasteiger partial charge in [0, 0.05) is 0 Å². The largest absolute Gasteiger partial charge is 0.304 e. The van der Waals surface area contributed by atoms with Crippen LogP contribution in [0.2, 0.25) is 0 Å². The third-order valence-electron chi connectivity index (χ3n) is 6.35. The summed E-state index contributed by atoms with van der Waals surface area (Å²) in [5.41, 5.74) is 0. The Morgan fingerprint density at radius 1 is 1.14 bits per heavy atom. The summed E-state index contributed by atoms with van der Waals surface area (Å²) in [6.07, 6.45) is 11.7. The van der Waals surface area contributed by atoms with Crippen LogP contribution in [-0.2, 0) is 4.79 Å². The minimum atomic E-state index is -0.267. The van der Waals surface area contributed by atoms with Crippen molar-refractivity contribution in [2.75, 3.05) is 0 Å². The average molecular weight is 306 g/mol. The molecule has 4 rings (SSSR count). The Kier molecular flexibility index (Phi) is 3.55. The fraction of sp³-hybridized carbons (Fsp3) is 0.882.